The average Bonchev–Trinajstić information content (AvgIpc) is 2.69. The Hall–Kier alpha value is -2.05. The Morgan fingerprint density at radius 3 is 2.35 bits per heavy atom. The van der Waals surface area contributed by atoms with Crippen molar-refractivity contribution in [2.75, 3.05) is 26.2 Å². The molecular weight excluding hydrogens is 309 g/mol. The SMILES string of the molecule is CCCN1CCN(C(=O)c2ccc(C(F)(F)F)cc2)CCC1=O. The molecule has 0 spiro atoms. The highest BCUT2D eigenvalue weighted by Crippen LogP contribution is 2.29. The van der Waals surface area contributed by atoms with E-state index in [1.165, 1.54) is 17.0 Å². The van der Waals surface area contributed by atoms with Crippen molar-refractivity contribution >= 4 is 11.8 Å². The van der Waals surface area contributed by atoms with E-state index in [1.54, 1.807) is 4.90 Å². The fourth-order valence-electron chi connectivity index (χ4n) is 2.56. The lowest BCUT2D eigenvalue weighted by atomic mass is 10.1. The van der Waals surface area contributed by atoms with Gasteiger partial charge in [0.25, 0.3) is 5.91 Å². The zero-order valence-electron chi connectivity index (χ0n) is 12.9. The Balaban J connectivity index is 2.07. The molecule has 4 nitrogen and oxygen atoms in total. The molecule has 126 valence electrons. The summed E-state index contributed by atoms with van der Waals surface area (Å²) in [6.07, 6.45) is -3.33. The van der Waals surface area contributed by atoms with Crippen molar-refractivity contribution in [1.82, 2.24) is 9.80 Å². The predicted octanol–water partition coefficient (Wildman–Crippen LogP) is 2.79. The van der Waals surface area contributed by atoms with Crippen molar-refractivity contribution in [3.8, 4) is 0 Å². The Labute approximate surface area is 132 Å². The van der Waals surface area contributed by atoms with Crippen molar-refractivity contribution in [1.29, 1.82) is 0 Å². The molecule has 0 aromatic heterocycles. The van der Waals surface area contributed by atoms with Crippen LogP contribution >= 0.6 is 0 Å². The van der Waals surface area contributed by atoms with Gasteiger partial charge in [0.05, 0.1) is 5.56 Å². The van der Waals surface area contributed by atoms with Crippen LogP contribution in [-0.2, 0) is 11.0 Å². The largest absolute Gasteiger partial charge is 0.416 e. The van der Waals surface area contributed by atoms with Gasteiger partial charge < -0.3 is 9.80 Å². The van der Waals surface area contributed by atoms with E-state index in [4.69, 9.17) is 0 Å². The minimum atomic E-state index is -4.42. The third-order valence-electron chi connectivity index (χ3n) is 3.83. The normalized spacial score (nSPS) is 16.4. The molecule has 1 saturated heterocycles. The lowest BCUT2D eigenvalue weighted by molar-refractivity contribution is -0.137. The third kappa shape index (κ3) is 4.24. The highest BCUT2D eigenvalue weighted by Gasteiger charge is 2.30. The number of halogens is 3. The topological polar surface area (TPSA) is 40.6 Å². The fourth-order valence-corrected chi connectivity index (χ4v) is 2.56. The van der Waals surface area contributed by atoms with Crippen LogP contribution in [0.25, 0.3) is 0 Å². The number of carbonyl (C=O) groups is 2. The van der Waals surface area contributed by atoms with Gasteiger partial charge in [-0.1, -0.05) is 6.92 Å². The van der Waals surface area contributed by atoms with Crippen LogP contribution in [0, 0.1) is 0 Å². The van der Waals surface area contributed by atoms with Gasteiger partial charge in [-0.3, -0.25) is 9.59 Å². The molecule has 23 heavy (non-hydrogen) atoms. The molecule has 1 heterocycles. The predicted molar refractivity (Wildman–Crippen MR) is 78.8 cm³/mol. The zero-order valence-corrected chi connectivity index (χ0v) is 12.9. The summed E-state index contributed by atoms with van der Waals surface area (Å²) in [4.78, 5) is 27.6. The molecule has 2 rings (SSSR count). The maximum atomic E-state index is 12.5. The van der Waals surface area contributed by atoms with Gasteiger partial charge in [-0.05, 0) is 30.7 Å². The molecule has 0 radical (unpaired) electrons. The van der Waals surface area contributed by atoms with Gasteiger partial charge in [-0.15, -0.1) is 0 Å². The van der Waals surface area contributed by atoms with Gasteiger partial charge in [0, 0.05) is 38.2 Å². The van der Waals surface area contributed by atoms with Crippen LogP contribution in [-0.4, -0.2) is 47.8 Å². The second kappa shape index (κ2) is 7.02. The molecule has 0 unspecified atom stereocenters. The number of benzene rings is 1. The number of rotatable bonds is 3. The van der Waals surface area contributed by atoms with Gasteiger partial charge >= 0.3 is 6.18 Å². The second-order valence-electron chi connectivity index (χ2n) is 5.50. The summed E-state index contributed by atoms with van der Waals surface area (Å²) < 4.78 is 37.6. The van der Waals surface area contributed by atoms with Crippen molar-refractivity contribution in [2.45, 2.75) is 25.9 Å². The van der Waals surface area contributed by atoms with Crippen molar-refractivity contribution in [3.63, 3.8) is 0 Å². The van der Waals surface area contributed by atoms with Gasteiger partial charge in [-0.25, -0.2) is 0 Å². The van der Waals surface area contributed by atoms with Crippen LogP contribution in [0.15, 0.2) is 24.3 Å². The van der Waals surface area contributed by atoms with Crippen LogP contribution in [0.4, 0.5) is 13.2 Å². The second-order valence-corrected chi connectivity index (χ2v) is 5.50. The van der Waals surface area contributed by atoms with Gasteiger partial charge in [-0.2, -0.15) is 13.2 Å². The quantitative estimate of drug-likeness (QED) is 0.856. The van der Waals surface area contributed by atoms with Crippen LogP contribution in [0.3, 0.4) is 0 Å². The first-order valence-electron chi connectivity index (χ1n) is 7.57. The number of amides is 2. The molecule has 1 fully saturated rings. The molecule has 0 bridgehead atoms. The molecule has 0 N–H and O–H groups in total. The standard InChI is InChI=1S/C16H19F3N2O2/c1-2-8-20-10-11-21(9-7-14(20)22)15(23)12-3-5-13(6-4-12)16(17,18)19/h3-6H,2,7-11H2,1H3. The number of hydrogen-bond acceptors (Lipinski definition) is 2. The first kappa shape index (κ1) is 17.3. The Bertz CT molecular complexity index is 570. The first-order chi connectivity index (χ1) is 10.8. The van der Waals surface area contributed by atoms with E-state index in [2.05, 4.69) is 0 Å². The van der Waals surface area contributed by atoms with E-state index in [1.807, 2.05) is 6.92 Å². The van der Waals surface area contributed by atoms with Crippen LogP contribution in [0.1, 0.15) is 35.7 Å². The van der Waals surface area contributed by atoms with E-state index in [0.717, 1.165) is 18.6 Å². The number of nitrogens with zero attached hydrogens (tertiary/aromatic N) is 2. The van der Waals surface area contributed by atoms with Crippen molar-refractivity contribution in [3.05, 3.63) is 35.4 Å². The van der Waals surface area contributed by atoms with Gasteiger partial charge in [0.1, 0.15) is 0 Å². The van der Waals surface area contributed by atoms with Crippen LogP contribution in [0.2, 0.25) is 0 Å². The van der Waals surface area contributed by atoms with E-state index in [9.17, 15) is 22.8 Å². The van der Waals surface area contributed by atoms with Crippen LogP contribution < -0.4 is 0 Å². The average molecular weight is 328 g/mol. The minimum Gasteiger partial charge on any atom is -0.341 e. The number of alkyl halides is 3. The molecule has 0 atom stereocenters. The Morgan fingerprint density at radius 2 is 1.78 bits per heavy atom. The summed E-state index contributed by atoms with van der Waals surface area (Å²) in [6, 6.07) is 4.17. The third-order valence-corrected chi connectivity index (χ3v) is 3.83. The molecule has 7 heteroatoms. The molecule has 1 aliphatic rings. The number of carbonyl (C=O) groups excluding carboxylic acids is 2. The van der Waals surface area contributed by atoms with E-state index in [-0.39, 0.29) is 23.8 Å². The van der Waals surface area contributed by atoms with E-state index in [0.29, 0.717) is 26.2 Å². The first-order valence-corrected chi connectivity index (χ1v) is 7.57. The summed E-state index contributed by atoms with van der Waals surface area (Å²) >= 11 is 0. The Kier molecular flexibility index (Phi) is 5.28. The summed E-state index contributed by atoms with van der Waals surface area (Å²) in [5, 5.41) is 0. The molecule has 2 amide bonds. The highest BCUT2D eigenvalue weighted by atomic mass is 19.4. The fraction of sp³-hybridized carbons (Fsp3) is 0.500. The molecule has 1 aromatic carbocycles. The van der Waals surface area contributed by atoms with E-state index >= 15 is 0 Å². The monoisotopic (exact) mass is 328 g/mol. The maximum Gasteiger partial charge on any atom is 0.416 e. The highest BCUT2D eigenvalue weighted by molar-refractivity contribution is 5.94. The molecule has 1 aromatic rings. The molecule has 0 saturated carbocycles. The summed E-state index contributed by atoms with van der Waals surface area (Å²) in [6.45, 7) is 3.77. The van der Waals surface area contributed by atoms with Gasteiger partial charge in [0.15, 0.2) is 0 Å². The molecule has 0 aliphatic carbocycles. The summed E-state index contributed by atoms with van der Waals surface area (Å²) in [5.41, 5.74) is -0.580. The van der Waals surface area contributed by atoms with E-state index < -0.39 is 11.7 Å². The minimum absolute atomic E-state index is 0.00886. The van der Waals surface area contributed by atoms with Crippen LogP contribution in [0.5, 0.6) is 0 Å². The van der Waals surface area contributed by atoms with Gasteiger partial charge in [0.2, 0.25) is 5.91 Å². The summed E-state index contributed by atoms with van der Waals surface area (Å²) in [7, 11) is 0. The molecular formula is C16H19F3N2O2. The Morgan fingerprint density at radius 1 is 1.13 bits per heavy atom. The smallest absolute Gasteiger partial charge is 0.341 e. The lowest BCUT2D eigenvalue weighted by Gasteiger charge is -2.22. The maximum absolute atomic E-state index is 12.5. The zero-order chi connectivity index (χ0) is 17.0. The number of hydrogen-bond donors (Lipinski definition) is 0. The lowest BCUT2D eigenvalue weighted by Crippen LogP contribution is -2.36. The molecule has 1 aliphatic heterocycles. The summed E-state index contributed by atoms with van der Waals surface area (Å²) in [5.74, 6) is -0.334. The van der Waals surface area contributed by atoms with Crippen molar-refractivity contribution < 1.29 is 22.8 Å². The van der Waals surface area contributed by atoms with Crippen molar-refractivity contribution in [2.24, 2.45) is 0 Å².